The molecule has 160 valence electrons. The van der Waals surface area contributed by atoms with Gasteiger partial charge in [0, 0.05) is 49.5 Å². The van der Waals surface area contributed by atoms with Crippen LogP contribution in [0.4, 0.5) is 15.8 Å². The number of anilines is 2. The second kappa shape index (κ2) is 9.94. The van der Waals surface area contributed by atoms with Crippen LogP contribution in [0.15, 0.2) is 71.9 Å². The van der Waals surface area contributed by atoms with Crippen LogP contribution in [0.2, 0.25) is 0 Å². The minimum absolute atomic E-state index is 0.193. The number of aromatic nitrogens is 1. The largest absolute Gasteiger partial charge is 0.369 e. The molecule has 2 heterocycles. The Bertz CT molecular complexity index is 1020. The summed E-state index contributed by atoms with van der Waals surface area (Å²) in [5, 5.41) is 3.62. The minimum Gasteiger partial charge on any atom is -0.369 e. The summed E-state index contributed by atoms with van der Waals surface area (Å²) in [6, 6.07) is 17.9. The summed E-state index contributed by atoms with van der Waals surface area (Å²) in [6.07, 6.45) is 1.68. The molecule has 0 aliphatic carbocycles. The van der Waals surface area contributed by atoms with Crippen molar-refractivity contribution >= 4 is 29.0 Å². The Balaban J connectivity index is 1.40. The van der Waals surface area contributed by atoms with Crippen molar-refractivity contribution in [1.82, 2.24) is 9.88 Å². The number of hydrogen-bond donors (Lipinski definition) is 1. The summed E-state index contributed by atoms with van der Waals surface area (Å²) in [5.41, 5.74) is 3.42. The molecule has 1 fully saturated rings. The lowest BCUT2D eigenvalue weighted by atomic mass is 10.2. The monoisotopic (exact) mass is 436 g/mol. The van der Waals surface area contributed by atoms with E-state index < -0.39 is 0 Å². The molecule has 1 saturated heterocycles. The third-order valence-electron chi connectivity index (χ3n) is 5.30. The van der Waals surface area contributed by atoms with E-state index in [2.05, 4.69) is 27.1 Å². The number of nitrogens with one attached hydrogen (secondary N) is 1. The molecule has 1 aliphatic heterocycles. The number of hydrogen-bond acceptors (Lipinski definition) is 5. The maximum Gasteiger partial charge on any atom is 0.258 e. The van der Waals surface area contributed by atoms with Crippen LogP contribution >= 0.6 is 11.8 Å². The molecule has 1 aromatic heterocycles. The van der Waals surface area contributed by atoms with Crippen LogP contribution in [-0.4, -0.2) is 49.0 Å². The van der Waals surface area contributed by atoms with Crippen molar-refractivity contribution in [2.24, 2.45) is 0 Å². The molecule has 3 aromatic rings. The number of piperazine rings is 1. The van der Waals surface area contributed by atoms with E-state index in [0.717, 1.165) is 37.4 Å². The molecule has 2 aromatic carbocycles. The van der Waals surface area contributed by atoms with Crippen LogP contribution in [0, 0.1) is 5.82 Å². The molecule has 1 aliphatic rings. The molecular formula is C24H25FN4OS. The third-order valence-corrected chi connectivity index (χ3v) is 6.37. The first-order valence-corrected chi connectivity index (χ1v) is 11.2. The molecular weight excluding hydrogens is 411 g/mol. The van der Waals surface area contributed by atoms with Gasteiger partial charge >= 0.3 is 0 Å². The van der Waals surface area contributed by atoms with Crippen molar-refractivity contribution in [3.8, 4) is 0 Å². The number of rotatable bonds is 6. The fraction of sp³-hybridized carbons (Fsp3) is 0.250. The van der Waals surface area contributed by atoms with Crippen LogP contribution < -0.4 is 10.2 Å². The molecule has 0 bridgehead atoms. The Morgan fingerprint density at radius 1 is 1.03 bits per heavy atom. The quantitative estimate of drug-likeness (QED) is 0.576. The summed E-state index contributed by atoms with van der Waals surface area (Å²) >= 11 is 1.46. The highest BCUT2D eigenvalue weighted by atomic mass is 32.2. The van der Waals surface area contributed by atoms with Crippen LogP contribution in [0.1, 0.15) is 15.9 Å². The fourth-order valence-corrected chi connectivity index (χ4v) is 4.38. The maximum absolute atomic E-state index is 13.1. The van der Waals surface area contributed by atoms with Crippen molar-refractivity contribution in [3.63, 3.8) is 0 Å². The highest BCUT2D eigenvalue weighted by Gasteiger charge is 2.16. The zero-order valence-electron chi connectivity index (χ0n) is 17.4. The zero-order valence-corrected chi connectivity index (χ0v) is 18.2. The van der Waals surface area contributed by atoms with E-state index in [0.29, 0.717) is 16.3 Å². The van der Waals surface area contributed by atoms with Crippen LogP contribution in [0.25, 0.3) is 0 Å². The first kappa shape index (κ1) is 21.3. The van der Waals surface area contributed by atoms with Gasteiger partial charge in [-0.1, -0.05) is 12.1 Å². The van der Waals surface area contributed by atoms with Gasteiger partial charge in [0.1, 0.15) is 10.8 Å². The molecule has 0 spiro atoms. The lowest BCUT2D eigenvalue weighted by Crippen LogP contribution is -2.44. The Morgan fingerprint density at radius 3 is 2.45 bits per heavy atom. The highest BCUT2D eigenvalue weighted by Crippen LogP contribution is 2.26. The summed E-state index contributed by atoms with van der Waals surface area (Å²) < 4.78 is 13.1. The van der Waals surface area contributed by atoms with Crippen LogP contribution in [-0.2, 0) is 5.75 Å². The van der Waals surface area contributed by atoms with Gasteiger partial charge in [0.15, 0.2) is 0 Å². The van der Waals surface area contributed by atoms with Crippen LogP contribution in [0.3, 0.4) is 0 Å². The molecule has 1 N–H and O–H groups in total. The molecule has 0 unspecified atom stereocenters. The summed E-state index contributed by atoms with van der Waals surface area (Å²) in [7, 11) is 2.14. The SMILES string of the molecule is CN1CCN(c2ccc(NC(=O)c3cccnc3SCc3ccc(F)cc3)cc2)CC1. The number of carbonyl (C=O) groups excluding carboxylic acids is 1. The number of halogens is 1. The molecule has 7 heteroatoms. The lowest BCUT2D eigenvalue weighted by Gasteiger charge is -2.34. The van der Waals surface area contributed by atoms with Gasteiger partial charge in [-0.15, -0.1) is 11.8 Å². The summed E-state index contributed by atoms with van der Waals surface area (Å²) in [4.78, 5) is 21.9. The topological polar surface area (TPSA) is 48.5 Å². The van der Waals surface area contributed by atoms with Gasteiger partial charge in [-0.3, -0.25) is 4.79 Å². The van der Waals surface area contributed by atoms with E-state index in [1.165, 1.54) is 29.6 Å². The Kier molecular flexibility index (Phi) is 6.84. The predicted octanol–water partition coefficient (Wildman–Crippen LogP) is 4.52. The first-order valence-electron chi connectivity index (χ1n) is 10.3. The smallest absolute Gasteiger partial charge is 0.258 e. The van der Waals surface area contributed by atoms with Crippen molar-refractivity contribution < 1.29 is 9.18 Å². The molecule has 1 amide bonds. The van der Waals surface area contributed by atoms with Gasteiger partial charge in [0.05, 0.1) is 5.56 Å². The molecule has 0 saturated carbocycles. The van der Waals surface area contributed by atoms with Crippen molar-refractivity contribution in [3.05, 3.63) is 83.8 Å². The van der Waals surface area contributed by atoms with Gasteiger partial charge in [-0.2, -0.15) is 0 Å². The second-order valence-electron chi connectivity index (χ2n) is 7.56. The molecule has 0 atom stereocenters. The maximum atomic E-state index is 13.1. The number of thioether (sulfide) groups is 1. The number of likely N-dealkylation sites (N-methyl/N-ethyl adjacent to an activating group) is 1. The van der Waals surface area contributed by atoms with E-state index in [1.54, 1.807) is 30.5 Å². The Morgan fingerprint density at radius 2 is 1.74 bits per heavy atom. The van der Waals surface area contributed by atoms with Crippen molar-refractivity contribution in [1.29, 1.82) is 0 Å². The average Bonchev–Trinajstić information content (AvgIpc) is 2.80. The minimum atomic E-state index is -0.259. The van der Waals surface area contributed by atoms with Gasteiger partial charge in [-0.25, -0.2) is 9.37 Å². The van der Waals surface area contributed by atoms with Crippen molar-refractivity contribution in [2.75, 3.05) is 43.4 Å². The number of carbonyl (C=O) groups is 1. The fourth-order valence-electron chi connectivity index (χ4n) is 3.43. The standard InChI is InChI=1S/C24H25FN4OS/c1-28-13-15-29(16-14-28)21-10-8-20(9-11-21)27-23(30)22-3-2-12-26-24(22)31-17-18-4-6-19(25)7-5-18/h2-12H,13-17H2,1H3,(H,27,30). The van der Waals surface area contributed by atoms with Crippen LogP contribution in [0.5, 0.6) is 0 Å². The Hall–Kier alpha value is -2.90. The lowest BCUT2D eigenvalue weighted by molar-refractivity contribution is 0.102. The van der Waals surface area contributed by atoms with Crippen molar-refractivity contribution in [2.45, 2.75) is 10.8 Å². The van der Waals surface area contributed by atoms with Gasteiger partial charge in [0.2, 0.25) is 0 Å². The van der Waals surface area contributed by atoms with Gasteiger partial charge in [0.25, 0.3) is 5.91 Å². The number of benzene rings is 2. The number of amides is 1. The normalized spacial score (nSPS) is 14.5. The molecule has 0 radical (unpaired) electrons. The Labute approximate surface area is 186 Å². The summed E-state index contributed by atoms with van der Waals surface area (Å²) in [6.45, 7) is 4.12. The summed E-state index contributed by atoms with van der Waals surface area (Å²) in [5.74, 6) is 0.157. The van der Waals surface area contributed by atoms with E-state index in [-0.39, 0.29) is 11.7 Å². The molecule has 31 heavy (non-hydrogen) atoms. The highest BCUT2D eigenvalue weighted by molar-refractivity contribution is 7.98. The third kappa shape index (κ3) is 5.62. The van der Waals surface area contributed by atoms with E-state index in [1.807, 2.05) is 24.3 Å². The molecule has 5 nitrogen and oxygen atoms in total. The van der Waals surface area contributed by atoms with E-state index >= 15 is 0 Å². The number of pyridine rings is 1. The number of nitrogens with zero attached hydrogens (tertiary/aromatic N) is 3. The second-order valence-corrected chi connectivity index (χ2v) is 8.53. The average molecular weight is 437 g/mol. The first-order chi connectivity index (χ1) is 15.1. The van der Waals surface area contributed by atoms with E-state index in [4.69, 9.17) is 0 Å². The zero-order chi connectivity index (χ0) is 21.6. The van der Waals surface area contributed by atoms with E-state index in [9.17, 15) is 9.18 Å². The van der Waals surface area contributed by atoms with Gasteiger partial charge < -0.3 is 15.1 Å². The molecule has 4 rings (SSSR count). The predicted molar refractivity (Wildman–Crippen MR) is 124 cm³/mol. The van der Waals surface area contributed by atoms with Gasteiger partial charge in [-0.05, 0) is 61.1 Å².